The van der Waals surface area contributed by atoms with Crippen LogP contribution in [0.1, 0.15) is 31.1 Å². The van der Waals surface area contributed by atoms with Gasteiger partial charge in [0.1, 0.15) is 0 Å². The number of amides is 2. The zero-order chi connectivity index (χ0) is 18.3. The van der Waals surface area contributed by atoms with Crippen LogP contribution in [0.2, 0.25) is 0 Å². The second kappa shape index (κ2) is 5.82. The molecule has 1 aliphatic heterocycles. The van der Waals surface area contributed by atoms with Crippen molar-refractivity contribution in [3.63, 3.8) is 0 Å². The summed E-state index contributed by atoms with van der Waals surface area (Å²) in [6, 6.07) is 6.14. The molecule has 8 nitrogen and oxygen atoms in total. The molecule has 0 bridgehead atoms. The van der Waals surface area contributed by atoms with E-state index in [4.69, 9.17) is 14.6 Å². The highest BCUT2D eigenvalue weighted by atomic mass is 16.5. The van der Waals surface area contributed by atoms with E-state index in [2.05, 4.69) is 0 Å². The van der Waals surface area contributed by atoms with E-state index >= 15 is 0 Å². The van der Waals surface area contributed by atoms with Crippen molar-refractivity contribution in [2.75, 3.05) is 19.1 Å². The molecule has 128 valence electrons. The van der Waals surface area contributed by atoms with E-state index in [0.717, 1.165) is 17.0 Å². The number of fused-ring (bicyclic) bond motifs is 1. The van der Waals surface area contributed by atoms with E-state index in [1.807, 2.05) is 0 Å². The number of ether oxygens (including phenoxy) is 2. The van der Waals surface area contributed by atoms with Crippen molar-refractivity contribution in [2.24, 2.45) is 0 Å². The standard InChI is InChI=1S/C17H13NO7/c1-24-12-6-4-9-13(14(12)25-2)16(21)18(15(9)20)8-3-5-11(19)10(7-8)17(22)23/h3-7,19H,1-2H3,(H,22,23)/p-1. The van der Waals surface area contributed by atoms with Gasteiger partial charge in [0.15, 0.2) is 11.5 Å². The van der Waals surface area contributed by atoms with Gasteiger partial charge in [-0.3, -0.25) is 9.59 Å². The number of methoxy groups -OCH3 is 2. The molecule has 0 atom stereocenters. The van der Waals surface area contributed by atoms with Gasteiger partial charge in [-0.1, -0.05) is 11.8 Å². The van der Waals surface area contributed by atoms with Crippen molar-refractivity contribution < 1.29 is 34.1 Å². The first-order valence-corrected chi connectivity index (χ1v) is 7.08. The van der Waals surface area contributed by atoms with Gasteiger partial charge in [0, 0.05) is 0 Å². The van der Waals surface area contributed by atoms with Crippen molar-refractivity contribution in [1.82, 2.24) is 0 Å². The molecule has 2 amide bonds. The molecule has 2 aromatic rings. The third-order valence-corrected chi connectivity index (χ3v) is 3.85. The number of benzene rings is 2. The molecule has 0 fully saturated rings. The predicted molar refractivity (Wildman–Crippen MR) is 83.5 cm³/mol. The summed E-state index contributed by atoms with van der Waals surface area (Å²) in [6.45, 7) is 0. The maximum absolute atomic E-state index is 12.8. The van der Waals surface area contributed by atoms with Crippen LogP contribution in [0.5, 0.6) is 17.2 Å². The number of imide groups is 1. The van der Waals surface area contributed by atoms with Crippen LogP contribution >= 0.6 is 0 Å². The van der Waals surface area contributed by atoms with Gasteiger partial charge in [0.2, 0.25) is 0 Å². The minimum absolute atomic E-state index is 0.00998. The van der Waals surface area contributed by atoms with E-state index in [1.54, 1.807) is 0 Å². The molecule has 0 aliphatic carbocycles. The Kier molecular flexibility index (Phi) is 3.80. The number of carbonyl (C=O) groups is 3. The first-order valence-electron chi connectivity index (χ1n) is 7.08. The van der Waals surface area contributed by atoms with Crippen LogP contribution < -0.4 is 19.5 Å². The molecule has 8 heteroatoms. The second-order valence-corrected chi connectivity index (χ2v) is 5.15. The third kappa shape index (κ3) is 2.35. The zero-order valence-corrected chi connectivity index (χ0v) is 13.2. The van der Waals surface area contributed by atoms with Crippen molar-refractivity contribution in [2.45, 2.75) is 0 Å². The monoisotopic (exact) mass is 342 g/mol. The first-order chi connectivity index (χ1) is 11.9. The van der Waals surface area contributed by atoms with Crippen LogP contribution in [0.15, 0.2) is 30.3 Å². The molecule has 0 saturated carbocycles. The number of carboxylic acids is 1. The number of anilines is 1. The van der Waals surface area contributed by atoms with Crippen molar-refractivity contribution >= 4 is 23.5 Å². The summed E-state index contributed by atoms with van der Waals surface area (Å²) < 4.78 is 10.3. The summed E-state index contributed by atoms with van der Waals surface area (Å²) >= 11 is 0. The largest absolute Gasteiger partial charge is 0.872 e. The van der Waals surface area contributed by atoms with E-state index < -0.39 is 29.1 Å². The van der Waals surface area contributed by atoms with Crippen molar-refractivity contribution in [3.8, 4) is 17.2 Å². The van der Waals surface area contributed by atoms with Gasteiger partial charge < -0.3 is 19.7 Å². The van der Waals surface area contributed by atoms with Crippen LogP contribution in [0.4, 0.5) is 5.69 Å². The summed E-state index contributed by atoms with van der Waals surface area (Å²) in [7, 11) is 2.74. The van der Waals surface area contributed by atoms with Crippen LogP contribution in [0.25, 0.3) is 0 Å². The molecule has 1 heterocycles. The summed E-state index contributed by atoms with van der Waals surface area (Å²) in [6.07, 6.45) is 0. The number of rotatable bonds is 4. The smallest absolute Gasteiger partial charge is 0.335 e. The minimum Gasteiger partial charge on any atom is -0.872 e. The van der Waals surface area contributed by atoms with Crippen LogP contribution in [-0.2, 0) is 0 Å². The molecule has 0 aromatic heterocycles. The Morgan fingerprint density at radius 2 is 1.80 bits per heavy atom. The molecule has 2 aromatic carbocycles. The van der Waals surface area contributed by atoms with Gasteiger partial charge in [-0.15, -0.1) is 0 Å². The average molecular weight is 342 g/mol. The number of carbonyl (C=O) groups excluding carboxylic acids is 2. The minimum atomic E-state index is -1.44. The molecule has 25 heavy (non-hydrogen) atoms. The van der Waals surface area contributed by atoms with Gasteiger partial charge >= 0.3 is 5.97 Å². The second-order valence-electron chi connectivity index (χ2n) is 5.15. The topological polar surface area (TPSA) is 116 Å². The number of carboxylic acid groups (broad SMARTS) is 1. The van der Waals surface area contributed by atoms with Crippen LogP contribution in [-0.4, -0.2) is 37.1 Å². The molecule has 1 N–H and O–H groups in total. The SMILES string of the molecule is COc1ccc2c(c1OC)C(=O)N(c1ccc([O-])c(C(=O)O)c1)C2=O. The lowest BCUT2D eigenvalue weighted by Crippen LogP contribution is -2.29. The Hall–Kier alpha value is -3.55. The fraction of sp³-hybridized carbons (Fsp3) is 0.118. The molecule has 1 aliphatic rings. The van der Waals surface area contributed by atoms with Gasteiger partial charge in [-0.25, -0.2) is 9.69 Å². The Labute approximate surface area is 141 Å². The molecule has 3 rings (SSSR count). The predicted octanol–water partition coefficient (Wildman–Crippen LogP) is 1.28. The molecule has 0 saturated heterocycles. The fourth-order valence-electron chi connectivity index (χ4n) is 2.70. The normalized spacial score (nSPS) is 13.0. The van der Waals surface area contributed by atoms with E-state index in [0.29, 0.717) is 0 Å². The summed E-state index contributed by atoms with van der Waals surface area (Å²) in [5.41, 5.74) is -0.413. The highest BCUT2D eigenvalue weighted by Gasteiger charge is 2.40. The molecular weight excluding hydrogens is 330 g/mol. The average Bonchev–Trinajstić information content (AvgIpc) is 2.85. The third-order valence-electron chi connectivity index (χ3n) is 3.85. The lowest BCUT2D eigenvalue weighted by atomic mass is 10.1. The summed E-state index contributed by atoms with van der Waals surface area (Å²) in [5.74, 6) is -3.10. The van der Waals surface area contributed by atoms with E-state index in [-0.39, 0.29) is 28.3 Å². The van der Waals surface area contributed by atoms with Crippen LogP contribution in [0.3, 0.4) is 0 Å². The quantitative estimate of drug-likeness (QED) is 0.832. The first kappa shape index (κ1) is 16.3. The van der Waals surface area contributed by atoms with Crippen molar-refractivity contribution in [1.29, 1.82) is 0 Å². The molecule has 0 spiro atoms. The highest BCUT2D eigenvalue weighted by molar-refractivity contribution is 6.35. The molecular formula is C17H12NO7-. The Bertz CT molecular complexity index is 919. The lowest BCUT2D eigenvalue weighted by Gasteiger charge is -2.17. The highest BCUT2D eigenvalue weighted by Crippen LogP contribution is 2.40. The van der Waals surface area contributed by atoms with Gasteiger partial charge in [-0.05, 0) is 24.3 Å². The number of hydrogen-bond donors (Lipinski definition) is 1. The van der Waals surface area contributed by atoms with Gasteiger partial charge in [0.25, 0.3) is 11.8 Å². The summed E-state index contributed by atoms with van der Waals surface area (Å²) in [5, 5.41) is 20.7. The van der Waals surface area contributed by atoms with Crippen molar-refractivity contribution in [3.05, 3.63) is 47.0 Å². The molecule has 0 unspecified atom stereocenters. The number of aromatic carboxylic acids is 1. The molecule has 0 radical (unpaired) electrons. The lowest BCUT2D eigenvalue weighted by molar-refractivity contribution is -0.268. The van der Waals surface area contributed by atoms with Gasteiger partial charge in [0.05, 0.1) is 36.6 Å². The fourth-order valence-corrected chi connectivity index (χ4v) is 2.70. The maximum Gasteiger partial charge on any atom is 0.335 e. The van der Waals surface area contributed by atoms with E-state index in [9.17, 15) is 19.5 Å². The number of nitrogens with zero attached hydrogens (tertiary/aromatic N) is 1. The Balaban J connectivity index is 2.15. The Morgan fingerprint density at radius 1 is 1.08 bits per heavy atom. The van der Waals surface area contributed by atoms with Gasteiger partial charge in [-0.2, -0.15) is 0 Å². The zero-order valence-electron chi connectivity index (χ0n) is 13.2. The number of hydrogen-bond acceptors (Lipinski definition) is 6. The maximum atomic E-state index is 12.8. The summed E-state index contributed by atoms with van der Waals surface area (Å²) in [4.78, 5) is 37.3. The Morgan fingerprint density at radius 3 is 2.40 bits per heavy atom. The van der Waals surface area contributed by atoms with E-state index in [1.165, 1.54) is 32.4 Å². The van der Waals surface area contributed by atoms with Crippen LogP contribution in [0, 0.1) is 0 Å².